The number of hydrogen-bond donors (Lipinski definition) is 1. The van der Waals surface area contributed by atoms with Crippen LogP contribution in [-0.4, -0.2) is 30.4 Å². The molecule has 1 amide bonds. The van der Waals surface area contributed by atoms with Crippen LogP contribution in [0.4, 0.5) is 11.5 Å². The van der Waals surface area contributed by atoms with Crippen molar-refractivity contribution in [1.82, 2.24) is 19.6 Å². The number of anilines is 1. The van der Waals surface area contributed by atoms with Gasteiger partial charge in [-0.15, -0.1) is 0 Å². The van der Waals surface area contributed by atoms with E-state index in [1.807, 2.05) is 13.8 Å². The van der Waals surface area contributed by atoms with Crippen LogP contribution < -0.4 is 5.32 Å². The zero-order valence-electron chi connectivity index (χ0n) is 11.1. The molecule has 0 bridgehead atoms. The van der Waals surface area contributed by atoms with Crippen LogP contribution in [0.25, 0.3) is 0 Å². The summed E-state index contributed by atoms with van der Waals surface area (Å²) in [5, 5.41) is 21.0. The Bertz CT molecular complexity index is 644. The number of rotatable bonds is 5. The van der Waals surface area contributed by atoms with E-state index in [2.05, 4.69) is 15.5 Å². The number of carbonyl (C=O) groups is 1. The SMILES string of the molecule is CCn1ncc(NC(=O)Cn2ccc([N+](=O)[O-])n2)c1C. The van der Waals surface area contributed by atoms with E-state index in [0.717, 1.165) is 5.69 Å². The maximum atomic E-state index is 11.8. The van der Waals surface area contributed by atoms with E-state index in [9.17, 15) is 14.9 Å². The van der Waals surface area contributed by atoms with Gasteiger partial charge in [0.15, 0.2) is 0 Å². The van der Waals surface area contributed by atoms with Gasteiger partial charge < -0.3 is 15.4 Å². The molecule has 2 rings (SSSR count). The molecule has 9 heteroatoms. The average Bonchev–Trinajstić information content (AvgIpc) is 2.98. The zero-order chi connectivity index (χ0) is 14.7. The van der Waals surface area contributed by atoms with Gasteiger partial charge in [0, 0.05) is 6.54 Å². The molecular weight excluding hydrogens is 264 g/mol. The number of hydrogen-bond acceptors (Lipinski definition) is 5. The third-order valence-corrected chi connectivity index (χ3v) is 2.80. The number of nitrogens with one attached hydrogen (secondary N) is 1. The van der Waals surface area contributed by atoms with Crippen LogP contribution in [-0.2, 0) is 17.9 Å². The maximum absolute atomic E-state index is 11.8. The summed E-state index contributed by atoms with van der Waals surface area (Å²) in [7, 11) is 0. The second-order valence-electron chi connectivity index (χ2n) is 4.14. The fourth-order valence-electron chi connectivity index (χ4n) is 1.76. The van der Waals surface area contributed by atoms with Gasteiger partial charge in [-0.05, 0) is 18.8 Å². The Labute approximate surface area is 114 Å². The number of carbonyl (C=O) groups excluding carboxylic acids is 1. The summed E-state index contributed by atoms with van der Waals surface area (Å²) in [6.07, 6.45) is 2.96. The van der Waals surface area contributed by atoms with Crippen molar-refractivity contribution in [2.75, 3.05) is 5.32 Å². The van der Waals surface area contributed by atoms with Gasteiger partial charge in [-0.3, -0.25) is 9.48 Å². The van der Waals surface area contributed by atoms with Gasteiger partial charge in [0.05, 0.1) is 34.9 Å². The molecule has 0 radical (unpaired) electrons. The minimum atomic E-state index is -0.607. The Kier molecular flexibility index (Phi) is 3.78. The molecule has 0 saturated heterocycles. The third-order valence-electron chi connectivity index (χ3n) is 2.80. The number of aryl methyl sites for hydroxylation is 1. The Morgan fingerprint density at radius 2 is 2.30 bits per heavy atom. The monoisotopic (exact) mass is 278 g/mol. The quantitative estimate of drug-likeness (QED) is 0.647. The third kappa shape index (κ3) is 2.82. The molecule has 0 fully saturated rings. The van der Waals surface area contributed by atoms with Gasteiger partial charge in [-0.2, -0.15) is 9.78 Å². The van der Waals surface area contributed by atoms with Crippen molar-refractivity contribution in [1.29, 1.82) is 0 Å². The van der Waals surface area contributed by atoms with E-state index >= 15 is 0 Å². The first kappa shape index (κ1) is 13.7. The first-order valence-electron chi connectivity index (χ1n) is 6.01. The van der Waals surface area contributed by atoms with Crippen molar-refractivity contribution in [3.63, 3.8) is 0 Å². The van der Waals surface area contributed by atoms with Gasteiger partial charge >= 0.3 is 5.82 Å². The first-order chi connectivity index (χ1) is 9.51. The van der Waals surface area contributed by atoms with Crippen molar-refractivity contribution in [2.45, 2.75) is 26.9 Å². The molecule has 0 aliphatic carbocycles. The number of amides is 1. The predicted molar refractivity (Wildman–Crippen MR) is 70.1 cm³/mol. The predicted octanol–water partition coefficient (Wildman–Crippen LogP) is 0.955. The minimum absolute atomic E-state index is 0.0927. The smallest absolute Gasteiger partial charge is 0.358 e. The van der Waals surface area contributed by atoms with Crippen molar-refractivity contribution in [2.24, 2.45) is 0 Å². The number of nitrogens with zero attached hydrogens (tertiary/aromatic N) is 5. The van der Waals surface area contributed by atoms with Gasteiger partial charge in [-0.1, -0.05) is 0 Å². The Morgan fingerprint density at radius 1 is 1.55 bits per heavy atom. The van der Waals surface area contributed by atoms with Crippen LogP contribution in [0, 0.1) is 17.0 Å². The molecule has 1 N–H and O–H groups in total. The maximum Gasteiger partial charge on any atom is 0.389 e. The summed E-state index contributed by atoms with van der Waals surface area (Å²) in [4.78, 5) is 21.7. The molecule has 2 aromatic rings. The lowest BCUT2D eigenvalue weighted by Crippen LogP contribution is -2.19. The highest BCUT2D eigenvalue weighted by molar-refractivity contribution is 5.90. The van der Waals surface area contributed by atoms with Gasteiger partial charge in [0.25, 0.3) is 0 Å². The van der Waals surface area contributed by atoms with Gasteiger partial charge in [0.2, 0.25) is 5.91 Å². The van der Waals surface area contributed by atoms with E-state index in [0.29, 0.717) is 12.2 Å². The van der Waals surface area contributed by atoms with Crippen molar-refractivity contribution in [3.8, 4) is 0 Å². The lowest BCUT2D eigenvalue weighted by atomic mass is 10.4. The van der Waals surface area contributed by atoms with Crippen LogP contribution in [0.3, 0.4) is 0 Å². The van der Waals surface area contributed by atoms with E-state index in [1.165, 1.54) is 16.9 Å². The van der Waals surface area contributed by atoms with Gasteiger partial charge in [-0.25, -0.2) is 0 Å². The molecule has 0 aromatic carbocycles. The molecule has 106 valence electrons. The standard InChI is InChI=1S/C11H14N6O3/c1-3-16-8(2)9(6-12-16)13-11(18)7-15-5-4-10(14-15)17(19)20/h4-6H,3,7H2,1-2H3,(H,13,18). The second kappa shape index (κ2) is 5.51. The van der Waals surface area contributed by atoms with Crippen molar-refractivity contribution >= 4 is 17.4 Å². The fourth-order valence-corrected chi connectivity index (χ4v) is 1.76. The summed E-state index contributed by atoms with van der Waals surface area (Å²) in [5.41, 5.74) is 1.48. The molecular formula is C11H14N6O3. The van der Waals surface area contributed by atoms with Crippen molar-refractivity contribution < 1.29 is 9.72 Å². The van der Waals surface area contributed by atoms with Crippen LogP contribution >= 0.6 is 0 Å². The molecule has 2 aromatic heterocycles. The molecule has 0 unspecified atom stereocenters. The summed E-state index contributed by atoms with van der Waals surface area (Å²) < 4.78 is 2.97. The second-order valence-corrected chi connectivity index (χ2v) is 4.14. The molecule has 9 nitrogen and oxygen atoms in total. The summed E-state index contributed by atoms with van der Waals surface area (Å²) in [6.45, 7) is 4.43. The van der Waals surface area contributed by atoms with Gasteiger partial charge in [0.1, 0.15) is 6.54 Å². The highest BCUT2D eigenvalue weighted by Gasteiger charge is 2.14. The van der Waals surface area contributed by atoms with E-state index < -0.39 is 4.92 Å². The van der Waals surface area contributed by atoms with Crippen molar-refractivity contribution in [3.05, 3.63) is 34.3 Å². The highest BCUT2D eigenvalue weighted by atomic mass is 16.6. The normalized spacial score (nSPS) is 10.5. The molecule has 0 spiro atoms. The highest BCUT2D eigenvalue weighted by Crippen LogP contribution is 2.13. The Morgan fingerprint density at radius 3 is 2.85 bits per heavy atom. The van der Waals surface area contributed by atoms with E-state index in [-0.39, 0.29) is 18.3 Å². The lowest BCUT2D eigenvalue weighted by molar-refractivity contribution is -0.389. The van der Waals surface area contributed by atoms with Crippen LogP contribution in [0.2, 0.25) is 0 Å². The number of aromatic nitrogens is 4. The molecule has 2 heterocycles. The van der Waals surface area contributed by atoms with Crippen LogP contribution in [0.1, 0.15) is 12.6 Å². The minimum Gasteiger partial charge on any atom is -0.358 e. The Hall–Kier alpha value is -2.71. The first-order valence-corrected chi connectivity index (χ1v) is 6.01. The molecule has 0 saturated carbocycles. The van der Waals surface area contributed by atoms with E-state index in [1.54, 1.807) is 10.9 Å². The lowest BCUT2D eigenvalue weighted by Gasteiger charge is -2.04. The molecule has 0 aliphatic rings. The largest absolute Gasteiger partial charge is 0.389 e. The summed E-state index contributed by atoms with van der Waals surface area (Å²) in [6, 6.07) is 1.24. The average molecular weight is 278 g/mol. The Balaban J connectivity index is 2.01. The molecule has 0 atom stereocenters. The molecule has 20 heavy (non-hydrogen) atoms. The zero-order valence-corrected chi connectivity index (χ0v) is 11.1. The van der Waals surface area contributed by atoms with Crippen LogP contribution in [0.15, 0.2) is 18.5 Å². The van der Waals surface area contributed by atoms with E-state index in [4.69, 9.17) is 0 Å². The number of nitro groups is 1. The summed E-state index contributed by atoms with van der Waals surface area (Å²) in [5.74, 6) is -0.602. The molecule has 0 aliphatic heterocycles. The summed E-state index contributed by atoms with van der Waals surface area (Å²) >= 11 is 0. The topological polar surface area (TPSA) is 108 Å². The van der Waals surface area contributed by atoms with Crippen LogP contribution in [0.5, 0.6) is 0 Å². The fraction of sp³-hybridized carbons (Fsp3) is 0.364.